The highest BCUT2D eigenvalue weighted by Crippen LogP contribution is 2.22. The minimum Gasteiger partial charge on any atom is -0.484 e. The van der Waals surface area contributed by atoms with E-state index >= 15 is 0 Å². The van der Waals surface area contributed by atoms with Crippen molar-refractivity contribution < 1.29 is 9.53 Å². The summed E-state index contributed by atoms with van der Waals surface area (Å²) >= 11 is 1.15. The van der Waals surface area contributed by atoms with Gasteiger partial charge in [-0.15, -0.1) is 0 Å². The van der Waals surface area contributed by atoms with Gasteiger partial charge in [-0.2, -0.15) is 13.8 Å². The van der Waals surface area contributed by atoms with Crippen LogP contribution in [0.4, 0.5) is 0 Å². The first-order chi connectivity index (χ1) is 13.2. The first-order valence-corrected chi connectivity index (χ1v) is 9.11. The standard InChI is InChI=1S/C19H17N5O2S/c1-24-17(9-10-20-24)19(13-5-3-2-4-6-13)21-18(25)12-26-14-7-8-15-16(11-14)23-27-22-15/h2-11,19H,12H2,1H3,(H,21,25)/t19-/m1/s1. The first kappa shape index (κ1) is 17.2. The summed E-state index contributed by atoms with van der Waals surface area (Å²) in [6, 6.07) is 16.8. The number of nitrogens with one attached hydrogen (secondary N) is 1. The molecule has 27 heavy (non-hydrogen) atoms. The van der Waals surface area contributed by atoms with Crippen LogP contribution in [-0.2, 0) is 11.8 Å². The van der Waals surface area contributed by atoms with E-state index in [1.165, 1.54) is 0 Å². The fourth-order valence-electron chi connectivity index (χ4n) is 2.84. The maximum Gasteiger partial charge on any atom is 0.258 e. The third-order valence-electron chi connectivity index (χ3n) is 4.19. The molecule has 0 bridgehead atoms. The largest absolute Gasteiger partial charge is 0.484 e. The molecular weight excluding hydrogens is 362 g/mol. The zero-order chi connectivity index (χ0) is 18.6. The van der Waals surface area contributed by atoms with Crippen LogP contribution < -0.4 is 10.1 Å². The Labute approximate surface area is 159 Å². The lowest BCUT2D eigenvalue weighted by molar-refractivity contribution is -0.123. The molecule has 0 saturated heterocycles. The number of carbonyl (C=O) groups is 1. The highest BCUT2D eigenvalue weighted by atomic mass is 32.1. The molecule has 0 aliphatic heterocycles. The van der Waals surface area contributed by atoms with E-state index in [4.69, 9.17) is 4.74 Å². The second kappa shape index (κ2) is 7.55. The van der Waals surface area contributed by atoms with Crippen LogP contribution in [0.5, 0.6) is 5.75 Å². The van der Waals surface area contributed by atoms with Crippen molar-refractivity contribution in [2.45, 2.75) is 6.04 Å². The number of ether oxygens (including phenoxy) is 1. The molecule has 4 aromatic rings. The Hall–Kier alpha value is -3.26. The number of aromatic nitrogens is 4. The summed E-state index contributed by atoms with van der Waals surface area (Å²) in [5, 5.41) is 7.24. The second-order valence-corrected chi connectivity index (χ2v) is 6.52. The smallest absolute Gasteiger partial charge is 0.258 e. The van der Waals surface area contributed by atoms with Gasteiger partial charge in [-0.1, -0.05) is 30.3 Å². The van der Waals surface area contributed by atoms with Crippen molar-refractivity contribution in [1.29, 1.82) is 0 Å². The molecule has 2 aromatic heterocycles. The van der Waals surface area contributed by atoms with Crippen LogP contribution in [0.1, 0.15) is 17.3 Å². The van der Waals surface area contributed by atoms with Crippen molar-refractivity contribution in [1.82, 2.24) is 23.8 Å². The van der Waals surface area contributed by atoms with Crippen molar-refractivity contribution in [3.8, 4) is 5.75 Å². The monoisotopic (exact) mass is 379 g/mol. The molecule has 1 amide bonds. The summed E-state index contributed by atoms with van der Waals surface area (Å²) in [6.45, 7) is -0.0930. The minimum atomic E-state index is -0.306. The SMILES string of the molecule is Cn1nccc1[C@H](NC(=O)COc1ccc2nsnc2c1)c1ccccc1. The van der Waals surface area contributed by atoms with Gasteiger partial charge in [0.25, 0.3) is 5.91 Å². The third-order valence-corrected chi connectivity index (χ3v) is 4.74. The number of hydrogen-bond acceptors (Lipinski definition) is 6. The summed E-state index contributed by atoms with van der Waals surface area (Å²) in [5.41, 5.74) is 3.45. The van der Waals surface area contributed by atoms with Crippen molar-refractivity contribution in [2.24, 2.45) is 7.05 Å². The molecule has 0 radical (unpaired) electrons. The highest BCUT2D eigenvalue weighted by molar-refractivity contribution is 7.00. The van der Waals surface area contributed by atoms with Crippen molar-refractivity contribution in [2.75, 3.05) is 6.61 Å². The number of hydrogen-bond donors (Lipinski definition) is 1. The predicted molar refractivity (Wildman–Crippen MR) is 103 cm³/mol. The molecule has 1 atom stereocenters. The highest BCUT2D eigenvalue weighted by Gasteiger charge is 2.20. The molecule has 0 aliphatic carbocycles. The zero-order valence-electron chi connectivity index (χ0n) is 14.6. The maximum absolute atomic E-state index is 12.5. The van der Waals surface area contributed by atoms with Gasteiger partial charge in [-0.05, 0) is 23.8 Å². The molecule has 8 heteroatoms. The summed E-state index contributed by atoms with van der Waals surface area (Å²) < 4.78 is 15.7. The van der Waals surface area contributed by atoms with E-state index < -0.39 is 0 Å². The molecule has 0 unspecified atom stereocenters. The summed E-state index contributed by atoms with van der Waals surface area (Å²) in [5.74, 6) is 0.365. The first-order valence-electron chi connectivity index (χ1n) is 8.38. The molecule has 2 aromatic carbocycles. The summed E-state index contributed by atoms with van der Waals surface area (Å²) in [6.07, 6.45) is 1.71. The average molecular weight is 379 g/mol. The van der Waals surface area contributed by atoms with E-state index in [2.05, 4.69) is 19.2 Å². The molecule has 7 nitrogen and oxygen atoms in total. The number of fused-ring (bicyclic) bond motifs is 1. The zero-order valence-corrected chi connectivity index (χ0v) is 15.4. The average Bonchev–Trinajstić information content (AvgIpc) is 3.33. The van der Waals surface area contributed by atoms with Crippen molar-refractivity contribution >= 4 is 28.7 Å². The lowest BCUT2D eigenvalue weighted by Crippen LogP contribution is -2.34. The van der Waals surface area contributed by atoms with Gasteiger partial charge >= 0.3 is 0 Å². The lowest BCUT2D eigenvalue weighted by atomic mass is 10.0. The number of nitrogens with zero attached hydrogens (tertiary/aromatic N) is 4. The molecule has 136 valence electrons. The second-order valence-electron chi connectivity index (χ2n) is 5.99. The molecule has 4 rings (SSSR count). The molecular formula is C19H17N5O2S. The van der Waals surface area contributed by atoms with Crippen LogP contribution >= 0.6 is 11.7 Å². The number of amides is 1. The summed E-state index contributed by atoms with van der Waals surface area (Å²) in [7, 11) is 1.85. The maximum atomic E-state index is 12.5. The Morgan fingerprint density at radius 1 is 1.15 bits per heavy atom. The molecule has 0 saturated carbocycles. The van der Waals surface area contributed by atoms with E-state index in [1.54, 1.807) is 23.0 Å². The number of aryl methyl sites for hydroxylation is 1. The Balaban J connectivity index is 1.47. The van der Waals surface area contributed by atoms with Gasteiger partial charge < -0.3 is 10.1 Å². The van der Waals surface area contributed by atoms with Crippen molar-refractivity contribution in [3.05, 3.63) is 72.1 Å². The van der Waals surface area contributed by atoms with Crippen LogP contribution in [0.15, 0.2) is 60.8 Å². The van der Waals surface area contributed by atoms with Gasteiger partial charge in [0.1, 0.15) is 16.8 Å². The van der Waals surface area contributed by atoms with E-state index in [1.807, 2.05) is 49.5 Å². The topological polar surface area (TPSA) is 81.9 Å². The Bertz CT molecular complexity index is 1060. The normalized spacial score (nSPS) is 12.0. The Morgan fingerprint density at radius 2 is 1.96 bits per heavy atom. The van der Waals surface area contributed by atoms with Gasteiger partial charge in [-0.3, -0.25) is 9.48 Å². The third kappa shape index (κ3) is 3.80. The Kier molecular flexibility index (Phi) is 4.80. The number of benzene rings is 2. The van der Waals surface area contributed by atoms with Crippen molar-refractivity contribution in [3.63, 3.8) is 0 Å². The number of rotatable bonds is 6. The fraction of sp³-hybridized carbons (Fsp3) is 0.158. The lowest BCUT2D eigenvalue weighted by Gasteiger charge is -2.19. The number of carbonyl (C=O) groups excluding carboxylic acids is 1. The van der Waals surface area contributed by atoms with Gasteiger partial charge in [0, 0.05) is 19.3 Å². The van der Waals surface area contributed by atoms with Gasteiger partial charge in [0.15, 0.2) is 6.61 Å². The van der Waals surface area contributed by atoms with Crippen LogP contribution in [0.25, 0.3) is 11.0 Å². The van der Waals surface area contributed by atoms with E-state index in [-0.39, 0.29) is 18.6 Å². The van der Waals surface area contributed by atoms with Crippen LogP contribution in [-0.4, -0.2) is 31.0 Å². The minimum absolute atomic E-state index is 0.0930. The molecule has 0 aliphatic rings. The van der Waals surface area contributed by atoms with Crippen LogP contribution in [0.3, 0.4) is 0 Å². The van der Waals surface area contributed by atoms with E-state index in [0.29, 0.717) is 5.75 Å². The molecule has 2 heterocycles. The molecule has 1 N–H and O–H groups in total. The van der Waals surface area contributed by atoms with Crippen LogP contribution in [0, 0.1) is 0 Å². The quantitative estimate of drug-likeness (QED) is 0.557. The fourth-order valence-corrected chi connectivity index (χ4v) is 3.36. The van der Waals surface area contributed by atoms with Gasteiger partial charge in [0.2, 0.25) is 0 Å². The predicted octanol–water partition coefficient (Wildman–Crippen LogP) is 2.71. The molecule has 0 spiro atoms. The van der Waals surface area contributed by atoms with Gasteiger partial charge in [-0.25, -0.2) is 0 Å². The van der Waals surface area contributed by atoms with E-state index in [0.717, 1.165) is 34.0 Å². The van der Waals surface area contributed by atoms with Gasteiger partial charge in [0.05, 0.1) is 23.5 Å². The van der Waals surface area contributed by atoms with Crippen LogP contribution in [0.2, 0.25) is 0 Å². The molecule has 0 fully saturated rings. The Morgan fingerprint density at radius 3 is 2.74 bits per heavy atom. The van der Waals surface area contributed by atoms with E-state index in [9.17, 15) is 4.79 Å². The summed E-state index contributed by atoms with van der Waals surface area (Å²) in [4.78, 5) is 12.5.